The lowest BCUT2D eigenvalue weighted by atomic mass is 10.2. The summed E-state index contributed by atoms with van der Waals surface area (Å²) >= 11 is 0. The van der Waals surface area contributed by atoms with Crippen LogP contribution in [0.4, 0.5) is 0 Å². The van der Waals surface area contributed by atoms with E-state index in [1.165, 1.54) is 21.5 Å². The van der Waals surface area contributed by atoms with Crippen LogP contribution in [-0.4, -0.2) is 13.2 Å². The Morgan fingerprint density at radius 2 is 0.846 bits per heavy atom. The minimum Gasteiger partial charge on any atom is -1.00 e. The number of rotatable bonds is 12. The maximum Gasteiger partial charge on any atom is 0.126 e. The van der Waals surface area contributed by atoms with E-state index in [0.29, 0.717) is 13.2 Å². The van der Waals surface area contributed by atoms with E-state index in [2.05, 4.69) is 115 Å². The van der Waals surface area contributed by atoms with Crippen molar-refractivity contribution in [3.05, 3.63) is 151 Å². The number of halogens is 1. The molecule has 0 bridgehead atoms. The highest BCUT2D eigenvalue weighted by Gasteiger charge is 2.45. The van der Waals surface area contributed by atoms with Crippen LogP contribution >= 0.6 is 7.26 Å². The third-order valence-corrected chi connectivity index (χ3v) is 11.1. The normalized spacial score (nSPS) is 10.9. The molecule has 5 rings (SSSR count). The second-order valence-electron chi connectivity index (χ2n) is 9.30. The number of benzene rings is 5. The highest BCUT2D eigenvalue weighted by atomic mass is 79.9. The summed E-state index contributed by atoms with van der Waals surface area (Å²) in [6.07, 6.45) is 2.79. The number of ether oxygens (including phenoxy) is 2. The van der Waals surface area contributed by atoms with Gasteiger partial charge in [-0.25, -0.2) is 0 Å². The predicted octanol–water partition coefficient (Wildman–Crippen LogP) is 4.42. The van der Waals surface area contributed by atoms with Gasteiger partial charge in [0.2, 0.25) is 0 Å². The van der Waals surface area contributed by atoms with Gasteiger partial charge in [-0.15, -0.1) is 0 Å². The molecule has 2 nitrogen and oxygen atoms in total. The Hall–Kier alpha value is -3.39. The molecule has 0 radical (unpaired) electrons. The van der Waals surface area contributed by atoms with Gasteiger partial charge < -0.3 is 26.5 Å². The van der Waals surface area contributed by atoms with E-state index in [0.717, 1.165) is 30.5 Å². The fourth-order valence-corrected chi connectivity index (χ4v) is 9.15. The average Bonchev–Trinajstić information content (AvgIpc) is 3.00. The standard InChI is InChI=1S/C35H34O2P.BrH/c1-5-18-31(19-6-1)36-27-15-16-28-37-35-26-14-13-17-30(35)29-38(32-20-7-2-8-21-32,33-22-9-3-10-23-33)34-24-11-4-12-25-34;/h1-14,17-26H,15-16,27-29H2;1H/q+1;/p-1. The molecule has 0 aliphatic carbocycles. The van der Waals surface area contributed by atoms with Gasteiger partial charge >= 0.3 is 0 Å². The topological polar surface area (TPSA) is 18.5 Å². The number of hydrogen-bond donors (Lipinski definition) is 0. The minimum atomic E-state index is -1.99. The van der Waals surface area contributed by atoms with Crippen molar-refractivity contribution in [2.45, 2.75) is 19.0 Å². The lowest BCUT2D eigenvalue weighted by Crippen LogP contribution is -3.00. The van der Waals surface area contributed by atoms with Crippen LogP contribution in [-0.2, 0) is 6.16 Å². The Kier molecular flexibility index (Phi) is 10.8. The Balaban J connectivity index is 0.00000353. The van der Waals surface area contributed by atoms with Crippen LogP contribution in [0, 0.1) is 0 Å². The van der Waals surface area contributed by atoms with Gasteiger partial charge in [-0.1, -0.05) is 91.0 Å². The zero-order chi connectivity index (χ0) is 25.9. The molecule has 0 N–H and O–H groups in total. The second-order valence-corrected chi connectivity index (χ2v) is 12.8. The fraction of sp³-hybridized carbons (Fsp3) is 0.143. The fourth-order valence-electron chi connectivity index (χ4n) is 4.89. The maximum absolute atomic E-state index is 6.41. The lowest BCUT2D eigenvalue weighted by Gasteiger charge is -2.28. The Morgan fingerprint density at radius 3 is 1.36 bits per heavy atom. The zero-order valence-corrected chi connectivity index (χ0v) is 24.5. The molecule has 0 heterocycles. The van der Waals surface area contributed by atoms with Crippen LogP contribution in [0.15, 0.2) is 146 Å². The van der Waals surface area contributed by atoms with Crippen LogP contribution in [0.3, 0.4) is 0 Å². The molecule has 4 heteroatoms. The van der Waals surface area contributed by atoms with Crippen molar-refractivity contribution in [3.8, 4) is 11.5 Å². The molecule has 0 saturated carbocycles. The molecule has 0 aliphatic heterocycles. The summed E-state index contributed by atoms with van der Waals surface area (Å²) in [5.41, 5.74) is 1.25. The molecule has 0 amide bonds. The first-order valence-electron chi connectivity index (χ1n) is 13.3. The smallest absolute Gasteiger partial charge is 0.126 e. The molecule has 39 heavy (non-hydrogen) atoms. The summed E-state index contributed by atoms with van der Waals surface area (Å²) in [4.78, 5) is 0. The molecule has 0 aromatic heterocycles. The summed E-state index contributed by atoms with van der Waals surface area (Å²) in [6.45, 7) is 1.36. The summed E-state index contributed by atoms with van der Waals surface area (Å²) in [7, 11) is -1.99. The van der Waals surface area contributed by atoms with Crippen molar-refractivity contribution in [2.24, 2.45) is 0 Å². The van der Waals surface area contributed by atoms with Gasteiger partial charge in [0.1, 0.15) is 40.8 Å². The third kappa shape index (κ3) is 7.18. The predicted molar refractivity (Wildman–Crippen MR) is 162 cm³/mol. The molecule has 0 aliphatic rings. The van der Waals surface area contributed by atoms with Crippen LogP contribution < -0.4 is 42.4 Å². The van der Waals surface area contributed by atoms with Gasteiger partial charge in [-0.3, -0.25) is 0 Å². The van der Waals surface area contributed by atoms with Crippen LogP contribution in [0.1, 0.15) is 18.4 Å². The first-order valence-corrected chi connectivity index (χ1v) is 15.3. The van der Waals surface area contributed by atoms with Crippen molar-refractivity contribution in [3.63, 3.8) is 0 Å². The van der Waals surface area contributed by atoms with Gasteiger partial charge in [0.25, 0.3) is 0 Å². The van der Waals surface area contributed by atoms with Crippen molar-refractivity contribution < 1.29 is 26.5 Å². The largest absolute Gasteiger partial charge is 1.00 e. The van der Waals surface area contributed by atoms with Crippen LogP contribution in [0.5, 0.6) is 11.5 Å². The van der Waals surface area contributed by atoms with E-state index >= 15 is 0 Å². The number of para-hydroxylation sites is 2. The molecule has 5 aromatic rings. The maximum atomic E-state index is 6.41. The number of unbranched alkanes of at least 4 members (excludes halogenated alkanes) is 1. The van der Waals surface area contributed by atoms with Gasteiger partial charge in [0, 0.05) is 5.56 Å². The minimum absolute atomic E-state index is 0. The van der Waals surface area contributed by atoms with Crippen molar-refractivity contribution >= 4 is 23.2 Å². The SMILES string of the molecule is [Br-].c1ccc(OCCCCOc2ccccc2C[P+](c2ccccc2)(c2ccccc2)c2ccccc2)cc1. The summed E-state index contributed by atoms with van der Waals surface area (Å²) < 4.78 is 12.2. The summed E-state index contributed by atoms with van der Waals surface area (Å²) in [5, 5.41) is 4.14. The Bertz CT molecular complexity index is 1280. The highest BCUT2D eigenvalue weighted by molar-refractivity contribution is 7.95. The Morgan fingerprint density at radius 1 is 0.436 bits per heavy atom. The first-order chi connectivity index (χ1) is 18.9. The average molecular weight is 598 g/mol. The van der Waals surface area contributed by atoms with Crippen LogP contribution in [0.25, 0.3) is 0 Å². The zero-order valence-electron chi connectivity index (χ0n) is 22.0. The molecular formula is C35H34BrO2P. The summed E-state index contributed by atoms with van der Waals surface area (Å²) in [6, 6.07) is 51.6. The van der Waals surface area contributed by atoms with Gasteiger partial charge in [0.05, 0.1) is 13.2 Å². The molecule has 0 unspecified atom stereocenters. The van der Waals surface area contributed by atoms with E-state index in [1.807, 2.05) is 30.3 Å². The molecular weight excluding hydrogens is 563 g/mol. The lowest BCUT2D eigenvalue weighted by molar-refractivity contribution is -0.00000827. The van der Waals surface area contributed by atoms with Gasteiger partial charge in [-0.05, 0) is 67.4 Å². The van der Waals surface area contributed by atoms with E-state index in [1.54, 1.807) is 0 Å². The van der Waals surface area contributed by atoms with Gasteiger partial charge in [0.15, 0.2) is 0 Å². The quantitative estimate of drug-likeness (QED) is 0.157. The summed E-state index contributed by atoms with van der Waals surface area (Å²) in [5.74, 6) is 1.89. The molecule has 0 saturated heterocycles. The molecule has 0 spiro atoms. The van der Waals surface area contributed by atoms with Crippen molar-refractivity contribution in [1.82, 2.24) is 0 Å². The highest BCUT2D eigenvalue weighted by Crippen LogP contribution is 2.58. The third-order valence-electron chi connectivity index (χ3n) is 6.78. The molecule has 198 valence electrons. The van der Waals surface area contributed by atoms with E-state index in [-0.39, 0.29) is 17.0 Å². The number of hydrogen-bond acceptors (Lipinski definition) is 2. The van der Waals surface area contributed by atoms with Crippen LogP contribution in [0.2, 0.25) is 0 Å². The van der Waals surface area contributed by atoms with Gasteiger partial charge in [-0.2, -0.15) is 0 Å². The molecule has 0 atom stereocenters. The molecule has 5 aromatic carbocycles. The first kappa shape index (κ1) is 28.6. The monoisotopic (exact) mass is 596 g/mol. The van der Waals surface area contributed by atoms with E-state index < -0.39 is 7.26 Å². The van der Waals surface area contributed by atoms with E-state index in [9.17, 15) is 0 Å². The van der Waals surface area contributed by atoms with Crippen molar-refractivity contribution in [2.75, 3.05) is 13.2 Å². The van der Waals surface area contributed by atoms with Crippen molar-refractivity contribution in [1.29, 1.82) is 0 Å². The molecule has 0 fully saturated rings. The second kappa shape index (κ2) is 14.7. The Labute approximate surface area is 243 Å². The van der Waals surface area contributed by atoms with E-state index in [4.69, 9.17) is 9.47 Å².